The maximum atomic E-state index is 10.3. The van der Waals surface area contributed by atoms with Crippen LogP contribution in [0.25, 0.3) is 0 Å². The molecule has 4 unspecified atom stereocenters. The van der Waals surface area contributed by atoms with Gasteiger partial charge in [0, 0.05) is 23.9 Å². The minimum absolute atomic E-state index is 0. The van der Waals surface area contributed by atoms with Crippen LogP contribution in [0, 0.1) is 23.7 Å². The summed E-state index contributed by atoms with van der Waals surface area (Å²) in [5.41, 5.74) is 0. The standard InChI is InChI=1S/4C8H16O2.2Zr/c4*1-3-5-6-7(4-2)8(9)10;;/h4*7H,3-6H2,1-2H3,(H,9,10);;/q;;;;2*+2/p-4. The molecule has 0 aliphatic heterocycles. The van der Waals surface area contributed by atoms with Crippen molar-refractivity contribution in [1.29, 1.82) is 0 Å². The van der Waals surface area contributed by atoms with Crippen LogP contribution in [0.2, 0.25) is 0 Å². The molecule has 0 N–H and O–H groups in total. The Kier molecular flexibility index (Phi) is 52.4. The first-order valence-corrected chi connectivity index (χ1v) is 15.7. The number of hydrogen-bond acceptors (Lipinski definition) is 8. The minimum Gasteiger partial charge on any atom is -0.550 e. The van der Waals surface area contributed by atoms with Crippen LogP contribution in [0.1, 0.15) is 158 Å². The Balaban J connectivity index is -0.000000101. The van der Waals surface area contributed by atoms with Gasteiger partial charge in [0.2, 0.25) is 0 Å². The summed E-state index contributed by atoms with van der Waals surface area (Å²) >= 11 is 0. The summed E-state index contributed by atoms with van der Waals surface area (Å²) in [5.74, 6) is -4.46. The number of unbranched alkanes of at least 4 members (excludes halogenated alkanes) is 4. The van der Waals surface area contributed by atoms with E-state index in [1.165, 1.54) is 0 Å². The van der Waals surface area contributed by atoms with Crippen molar-refractivity contribution in [3.8, 4) is 0 Å². The molecule has 0 aliphatic carbocycles. The largest absolute Gasteiger partial charge is 2.00 e. The smallest absolute Gasteiger partial charge is 0.550 e. The molecule has 42 heavy (non-hydrogen) atoms. The molecule has 0 saturated heterocycles. The van der Waals surface area contributed by atoms with Crippen molar-refractivity contribution in [2.75, 3.05) is 0 Å². The third kappa shape index (κ3) is 37.7. The number of carbonyl (C=O) groups is 4. The van der Waals surface area contributed by atoms with Crippen LogP contribution in [0.15, 0.2) is 0 Å². The Morgan fingerprint density at radius 1 is 0.381 bits per heavy atom. The van der Waals surface area contributed by atoms with Gasteiger partial charge < -0.3 is 39.6 Å². The SMILES string of the molecule is CCCCC(CC)C(=O)[O-].CCCCC(CC)C(=O)[O-].CCCCC(CC)C(=O)[O-].CCCCC(CC)C(=O)[O-].[Zr+2].[Zr+2]. The zero-order valence-electron chi connectivity index (χ0n) is 27.9. The summed E-state index contributed by atoms with van der Waals surface area (Å²) in [4.78, 5) is 41.3. The van der Waals surface area contributed by atoms with Crippen molar-refractivity contribution in [2.45, 2.75) is 158 Å². The van der Waals surface area contributed by atoms with E-state index in [1.54, 1.807) is 0 Å². The van der Waals surface area contributed by atoms with Gasteiger partial charge >= 0.3 is 52.4 Å². The monoisotopic (exact) mass is 752 g/mol. The van der Waals surface area contributed by atoms with Crippen molar-refractivity contribution in [3.05, 3.63) is 0 Å². The molecule has 0 aliphatic rings. The fourth-order valence-electron chi connectivity index (χ4n) is 3.76. The molecule has 0 aromatic carbocycles. The summed E-state index contributed by atoms with van der Waals surface area (Å²) in [5, 5.41) is 41.3. The number of carboxylic acids is 4. The van der Waals surface area contributed by atoms with Gasteiger partial charge in [0.25, 0.3) is 0 Å². The van der Waals surface area contributed by atoms with E-state index in [9.17, 15) is 39.6 Å². The van der Waals surface area contributed by atoms with Gasteiger partial charge in [-0.2, -0.15) is 0 Å². The van der Waals surface area contributed by atoms with Gasteiger partial charge in [-0.15, -0.1) is 0 Å². The Bertz CT molecular complexity index is 513. The predicted molar refractivity (Wildman–Crippen MR) is 153 cm³/mol. The Morgan fingerprint density at radius 2 is 0.524 bits per heavy atom. The van der Waals surface area contributed by atoms with Gasteiger partial charge in [0.1, 0.15) is 0 Å². The van der Waals surface area contributed by atoms with E-state index in [0.29, 0.717) is 25.7 Å². The molecule has 0 rings (SSSR count). The number of carboxylic acid groups (broad SMARTS) is 4. The van der Waals surface area contributed by atoms with Gasteiger partial charge in [-0.05, 0) is 75.0 Å². The maximum absolute atomic E-state index is 10.3. The molecule has 0 saturated carbocycles. The Labute approximate surface area is 295 Å². The van der Waals surface area contributed by atoms with Crippen LogP contribution >= 0.6 is 0 Å². The number of aliphatic carboxylic acids is 4. The van der Waals surface area contributed by atoms with Crippen molar-refractivity contribution in [1.82, 2.24) is 0 Å². The first-order chi connectivity index (χ1) is 18.9. The predicted octanol–water partition coefficient (Wildman–Crippen LogP) is 3.81. The average molecular weight is 755 g/mol. The zero-order chi connectivity index (χ0) is 31.9. The van der Waals surface area contributed by atoms with Crippen molar-refractivity contribution >= 4 is 23.9 Å². The summed E-state index contributed by atoms with van der Waals surface area (Å²) < 4.78 is 0. The van der Waals surface area contributed by atoms with E-state index in [1.807, 2.05) is 27.7 Å². The van der Waals surface area contributed by atoms with Crippen LogP contribution in [0.4, 0.5) is 0 Å². The van der Waals surface area contributed by atoms with E-state index in [-0.39, 0.29) is 76.1 Å². The minimum atomic E-state index is -0.893. The number of hydrogen-bond donors (Lipinski definition) is 0. The molecule has 0 fully saturated rings. The summed E-state index contributed by atoms with van der Waals surface area (Å²) in [6.45, 7) is 15.8. The van der Waals surface area contributed by atoms with Crippen molar-refractivity contribution in [2.24, 2.45) is 23.7 Å². The third-order valence-electron chi connectivity index (χ3n) is 6.93. The number of rotatable bonds is 20. The van der Waals surface area contributed by atoms with Crippen LogP contribution in [-0.4, -0.2) is 23.9 Å². The second-order valence-corrected chi connectivity index (χ2v) is 10.3. The molecule has 0 amide bonds. The molecule has 0 aromatic rings. The van der Waals surface area contributed by atoms with Gasteiger partial charge in [-0.3, -0.25) is 0 Å². The quantitative estimate of drug-likeness (QED) is 0.182. The van der Waals surface area contributed by atoms with Crippen molar-refractivity contribution < 1.29 is 92.0 Å². The molecule has 0 radical (unpaired) electrons. The van der Waals surface area contributed by atoms with Crippen LogP contribution in [-0.2, 0) is 71.6 Å². The van der Waals surface area contributed by atoms with E-state index in [2.05, 4.69) is 27.7 Å². The fourth-order valence-corrected chi connectivity index (χ4v) is 3.76. The van der Waals surface area contributed by atoms with E-state index >= 15 is 0 Å². The normalized spacial score (nSPS) is 12.4. The number of carbonyl (C=O) groups excluding carboxylic acids is 4. The van der Waals surface area contributed by atoms with Crippen molar-refractivity contribution in [3.63, 3.8) is 0 Å². The van der Waals surface area contributed by atoms with E-state index in [0.717, 1.165) is 77.0 Å². The third-order valence-corrected chi connectivity index (χ3v) is 6.93. The first kappa shape index (κ1) is 54.1. The van der Waals surface area contributed by atoms with E-state index < -0.39 is 23.9 Å². The molecule has 0 heterocycles. The fraction of sp³-hybridized carbons (Fsp3) is 0.875. The molecule has 10 heteroatoms. The Morgan fingerprint density at radius 3 is 0.595 bits per heavy atom. The summed E-state index contributed by atoms with van der Waals surface area (Å²) in [6.07, 6.45) is 14.1. The topological polar surface area (TPSA) is 161 Å². The first-order valence-electron chi connectivity index (χ1n) is 15.7. The molecule has 244 valence electrons. The molecule has 0 aromatic heterocycles. The summed E-state index contributed by atoms with van der Waals surface area (Å²) in [7, 11) is 0. The maximum Gasteiger partial charge on any atom is 2.00 e. The summed E-state index contributed by atoms with van der Waals surface area (Å²) in [6, 6.07) is 0. The molecule has 4 atom stereocenters. The van der Waals surface area contributed by atoms with Crippen LogP contribution < -0.4 is 20.4 Å². The second-order valence-electron chi connectivity index (χ2n) is 10.3. The molecular weight excluding hydrogens is 695 g/mol. The van der Waals surface area contributed by atoms with Gasteiger partial charge in [0.15, 0.2) is 0 Å². The molecular formula is C32H60O8Zr2. The zero-order valence-corrected chi connectivity index (χ0v) is 32.8. The van der Waals surface area contributed by atoms with Gasteiger partial charge in [0.05, 0.1) is 0 Å². The van der Waals surface area contributed by atoms with Crippen LogP contribution in [0.3, 0.4) is 0 Å². The molecule has 0 spiro atoms. The van der Waals surface area contributed by atoms with E-state index in [4.69, 9.17) is 0 Å². The second kappa shape index (κ2) is 40.6. The average Bonchev–Trinajstić information content (AvgIpc) is 2.91. The van der Waals surface area contributed by atoms with Gasteiger partial charge in [-0.1, -0.05) is 107 Å². The van der Waals surface area contributed by atoms with Gasteiger partial charge in [-0.25, -0.2) is 0 Å². The van der Waals surface area contributed by atoms with Crippen LogP contribution in [0.5, 0.6) is 0 Å². The molecule has 0 bridgehead atoms. The molecule has 8 nitrogen and oxygen atoms in total. The Hall–Kier alpha value is -0.354.